The van der Waals surface area contributed by atoms with Crippen LogP contribution in [-0.4, -0.2) is 23.7 Å². The molecular weight excluding hydrogens is 214 g/mol. The largest absolute Gasteiger partial charge is 0.481 e. The lowest BCUT2D eigenvalue weighted by Gasteiger charge is -2.38. The monoisotopic (exact) mass is 231 g/mol. The Hall–Kier alpha value is -1.51. The summed E-state index contributed by atoms with van der Waals surface area (Å²) in [7, 11) is 0. The van der Waals surface area contributed by atoms with Gasteiger partial charge in [-0.2, -0.15) is 0 Å². The molecule has 2 unspecified atom stereocenters. The zero-order valence-electron chi connectivity index (χ0n) is 9.80. The lowest BCUT2D eigenvalue weighted by Crippen LogP contribution is -2.43. The van der Waals surface area contributed by atoms with Gasteiger partial charge in [0.15, 0.2) is 0 Å². The van der Waals surface area contributed by atoms with E-state index in [0.717, 1.165) is 25.8 Å². The van der Waals surface area contributed by atoms with Crippen LogP contribution in [0, 0.1) is 5.92 Å². The molecule has 1 saturated heterocycles. The van der Waals surface area contributed by atoms with Gasteiger partial charge < -0.3 is 10.0 Å². The molecule has 2 heterocycles. The first-order chi connectivity index (χ1) is 8.25. The zero-order chi connectivity index (χ0) is 11.8. The lowest BCUT2D eigenvalue weighted by atomic mass is 9.86. The summed E-state index contributed by atoms with van der Waals surface area (Å²) in [5.41, 5.74) is 2.71. The van der Waals surface area contributed by atoms with Crippen LogP contribution in [0.3, 0.4) is 0 Å². The first-order valence-corrected chi connectivity index (χ1v) is 6.32. The van der Waals surface area contributed by atoms with Crippen LogP contribution in [0.15, 0.2) is 24.3 Å². The molecule has 0 spiro atoms. The Labute approximate surface area is 101 Å². The Morgan fingerprint density at radius 3 is 3.06 bits per heavy atom. The van der Waals surface area contributed by atoms with Crippen molar-refractivity contribution in [1.82, 2.24) is 0 Å². The topological polar surface area (TPSA) is 40.5 Å². The van der Waals surface area contributed by atoms with Crippen LogP contribution in [0.25, 0.3) is 0 Å². The molecule has 0 amide bonds. The molecule has 2 aliphatic rings. The summed E-state index contributed by atoms with van der Waals surface area (Å²) >= 11 is 0. The second kappa shape index (κ2) is 4.06. The molecule has 1 N–H and O–H groups in total. The normalized spacial score (nSPS) is 26.5. The Kier molecular flexibility index (Phi) is 2.54. The van der Waals surface area contributed by atoms with E-state index in [0.29, 0.717) is 18.4 Å². The third-order valence-electron chi connectivity index (χ3n) is 4.09. The molecule has 2 atom stereocenters. The standard InChI is InChI=1S/C14H17NO2/c16-14(17)9-11-5-3-7-15-12-6-2-1-4-10(12)8-13(11)15/h1-2,4,6,11,13H,3,5,7-9H2,(H,16,17). The van der Waals surface area contributed by atoms with Gasteiger partial charge in [-0.15, -0.1) is 0 Å². The van der Waals surface area contributed by atoms with Gasteiger partial charge in [-0.3, -0.25) is 4.79 Å². The molecule has 0 saturated carbocycles. The lowest BCUT2D eigenvalue weighted by molar-refractivity contribution is -0.138. The van der Waals surface area contributed by atoms with Crippen molar-refractivity contribution in [2.75, 3.05) is 11.4 Å². The van der Waals surface area contributed by atoms with E-state index in [2.05, 4.69) is 29.2 Å². The molecule has 0 aromatic heterocycles. The molecule has 1 fully saturated rings. The van der Waals surface area contributed by atoms with Crippen molar-refractivity contribution in [2.45, 2.75) is 31.7 Å². The summed E-state index contributed by atoms with van der Waals surface area (Å²) in [4.78, 5) is 13.3. The van der Waals surface area contributed by atoms with Gasteiger partial charge in [0.1, 0.15) is 0 Å². The number of anilines is 1. The van der Waals surface area contributed by atoms with Crippen LogP contribution in [0.1, 0.15) is 24.8 Å². The van der Waals surface area contributed by atoms with Crippen molar-refractivity contribution in [1.29, 1.82) is 0 Å². The van der Waals surface area contributed by atoms with Gasteiger partial charge in [-0.25, -0.2) is 0 Å². The summed E-state index contributed by atoms with van der Waals surface area (Å²) in [6.45, 7) is 1.08. The fourth-order valence-electron chi connectivity index (χ4n) is 3.36. The van der Waals surface area contributed by atoms with Crippen LogP contribution < -0.4 is 4.90 Å². The number of fused-ring (bicyclic) bond motifs is 3. The van der Waals surface area contributed by atoms with Crippen molar-refractivity contribution in [3.8, 4) is 0 Å². The summed E-state index contributed by atoms with van der Waals surface area (Å²) in [6, 6.07) is 8.90. The van der Waals surface area contributed by atoms with Crippen molar-refractivity contribution in [2.24, 2.45) is 5.92 Å². The number of nitrogens with zero attached hydrogens (tertiary/aromatic N) is 1. The summed E-state index contributed by atoms with van der Waals surface area (Å²) in [6.07, 6.45) is 3.51. The van der Waals surface area contributed by atoms with Crippen molar-refractivity contribution < 1.29 is 9.90 Å². The number of hydrogen-bond donors (Lipinski definition) is 1. The maximum Gasteiger partial charge on any atom is 0.303 e. The van der Waals surface area contributed by atoms with Crippen LogP contribution in [0.4, 0.5) is 5.69 Å². The van der Waals surface area contributed by atoms with E-state index in [9.17, 15) is 4.79 Å². The third-order valence-corrected chi connectivity index (χ3v) is 4.09. The Morgan fingerprint density at radius 2 is 2.24 bits per heavy atom. The average Bonchev–Trinajstić information content (AvgIpc) is 2.68. The van der Waals surface area contributed by atoms with Crippen molar-refractivity contribution in [3.05, 3.63) is 29.8 Å². The van der Waals surface area contributed by atoms with Crippen molar-refractivity contribution >= 4 is 11.7 Å². The van der Waals surface area contributed by atoms with Gasteiger partial charge in [0.25, 0.3) is 0 Å². The minimum Gasteiger partial charge on any atom is -0.481 e. The molecule has 0 bridgehead atoms. The van der Waals surface area contributed by atoms with Crippen LogP contribution in [0.2, 0.25) is 0 Å². The third kappa shape index (κ3) is 1.79. The van der Waals surface area contributed by atoms with Gasteiger partial charge in [-0.1, -0.05) is 18.2 Å². The van der Waals surface area contributed by atoms with E-state index in [1.54, 1.807) is 0 Å². The predicted molar refractivity (Wildman–Crippen MR) is 66.3 cm³/mol. The Bertz CT molecular complexity index is 444. The molecule has 3 nitrogen and oxygen atoms in total. The van der Waals surface area contributed by atoms with Crippen LogP contribution in [-0.2, 0) is 11.2 Å². The number of benzene rings is 1. The molecule has 0 radical (unpaired) electrons. The highest BCUT2D eigenvalue weighted by Gasteiger charge is 2.37. The first kappa shape index (κ1) is 10.6. The summed E-state index contributed by atoms with van der Waals surface area (Å²) in [5, 5.41) is 8.98. The van der Waals surface area contributed by atoms with Gasteiger partial charge in [0, 0.05) is 18.3 Å². The second-order valence-corrected chi connectivity index (χ2v) is 5.09. The molecule has 1 aromatic rings. The van der Waals surface area contributed by atoms with E-state index in [-0.39, 0.29) is 0 Å². The summed E-state index contributed by atoms with van der Waals surface area (Å²) in [5.74, 6) is -0.346. The minimum atomic E-state index is -0.659. The number of carbonyl (C=O) groups is 1. The number of rotatable bonds is 2. The fraction of sp³-hybridized carbons (Fsp3) is 0.500. The molecule has 17 heavy (non-hydrogen) atoms. The highest BCUT2D eigenvalue weighted by Crippen LogP contribution is 2.40. The second-order valence-electron chi connectivity index (χ2n) is 5.09. The highest BCUT2D eigenvalue weighted by atomic mass is 16.4. The minimum absolute atomic E-state index is 0.314. The van der Waals surface area contributed by atoms with Gasteiger partial charge in [0.05, 0.1) is 6.42 Å². The van der Waals surface area contributed by atoms with Gasteiger partial charge in [-0.05, 0) is 36.8 Å². The SMILES string of the molecule is O=C(O)CC1CCCN2c3ccccc3CC12. The smallest absolute Gasteiger partial charge is 0.303 e. The number of carboxylic acid groups (broad SMARTS) is 1. The molecule has 3 rings (SSSR count). The van der Waals surface area contributed by atoms with E-state index in [1.165, 1.54) is 11.3 Å². The highest BCUT2D eigenvalue weighted by molar-refractivity contribution is 5.68. The van der Waals surface area contributed by atoms with E-state index >= 15 is 0 Å². The Balaban J connectivity index is 1.86. The maximum absolute atomic E-state index is 10.9. The molecule has 3 heteroatoms. The molecule has 1 aromatic carbocycles. The number of carboxylic acids is 1. The van der Waals surface area contributed by atoms with Gasteiger partial charge >= 0.3 is 5.97 Å². The quantitative estimate of drug-likeness (QED) is 0.849. The maximum atomic E-state index is 10.9. The average molecular weight is 231 g/mol. The van der Waals surface area contributed by atoms with E-state index < -0.39 is 5.97 Å². The first-order valence-electron chi connectivity index (χ1n) is 6.32. The molecule has 0 aliphatic carbocycles. The molecular formula is C14H17NO2. The summed E-state index contributed by atoms with van der Waals surface area (Å²) < 4.78 is 0. The van der Waals surface area contributed by atoms with E-state index in [4.69, 9.17) is 5.11 Å². The van der Waals surface area contributed by atoms with Crippen LogP contribution >= 0.6 is 0 Å². The molecule has 90 valence electrons. The fourth-order valence-corrected chi connectivity index (χ4v) is 3.36. The number of piperidine rings is 1. The zero-order valence-corrected chi connectivity index (χ0v) is 9.80. The number of aliphatic carboxylic acids is 1. The van der Waals surface area contributed by atoms with Crippen LogP contribution in [0.5, 0.6) is 0 Å². The van der Waals surface area contributed by atoms with Crippen molar-refractivity contribution in [3.63, 3.8) is 0 Å². The molecule has 2 aliphatic heterocycles. The van der Waals surface area contributed by atoms with E-state index in [1.807, 2.05) is 0 Å². The predicted octanol–water partition coefficient (Wildman–Crippen LogP) is 2.30. The van der Waals surface area contributed by atoms with Gasteiger partial charge in [0.2, 0.25) is 0 Å². The number of hydrogen-bond acceptors (Lipinski definition) is 2. The number of para-hydroxylation sites is 1. The Morgan fingerprint density at radius 1 is 1.41 bits per heavy atom.